The van der Waals surface area contributed by atoms with Gasteiger partial charge in [-0.1, -0.05) is 12.1 Å². The first-order valence-corrected chi connectivity index (χ1v) is 10.5. The van der Waals surface area contributed by atoms with Crippen LogP contribution < -0.4 is 0 Å². The van der Waals surface area contributed by atoms with Crippen LogP contribution in [0.25, 0.3) is 11.3 Å². The van der Waals surface area contributed by atoms with Crippen LogP contribution in [-0.2, 0) is 15.7 Å². The van der Waals surface area contributed by atoms with Crippen molar-refractivity contribution in [2.75, 3.05) is 45.9 Å². The minimum absolute atomic E-state index is 0.00415. The van der Waals surface area contributed by atoms with Crippen LogP contribution in [0.3, 0.4) is 0 Å². The lowest BCUT2D eigenvalue weighted by Crippen LogP contribution is -2.47. The molecule has 1 aromatic heterocycles. The highest BCUT2D eigenvalue weighted by atomic mass is 19.4. The number of nitrogens with zero attached hydrogens (tertiary/aromatic N) is 4. The number of morpholine rings is 1. The van der Waals surface area contributed by atoms with Crippen LogP contribution in [-0.4, -0.2) is 71.6 Å². The molecule has 2 saturated heterocycles. The Kier molecular flexibility index (Phi) is 6.52. The van der Waals surface area contributed by atoms with E-state index >= 15 is 0 Å². The fourth-order valence-electron chi connectivity index (χ4n) is 4.24. The molecule has 0 saturated carbocycles. The minimum atomic E-state index is -4.42. The molecular formula is C22H25F3N4O2. The average Bonchev–Trinajstić information content (AvgIpc) is 2.79. The Bertz CT molecular complexity index is 916. The number of halogens is 3. The Morgan fingerprint density at radius 1 is 1.13 bits per heavy atom. The summed E-state index contributed by atoms with van der Waals surface area (Å²) in [6, 6.07) is 5.20. The first-order chi connectivity index (χ1) is 14.9. The van der Waals surface area contributed by atoms with E-state index in [0.29, 0.717) is 56.3 Å². The standard InChI is InChI=1S/C22H25F3N4O2/c23-22(24,25)18-5-1-3-16(13-18)20-21(27-7-6-26-20)17-4-2-8-28(14-17)15-19(30)29-9-11-31-12-10-29/h1,3,5-7,13,17H,2,4,8-12,14-15H2/t17-/m0/s1. The normalized spacial score (nSPS) is 20.6. The van der Waals surface area contributed by atoms with Crippen molar-refractivity contribution in [1.29, 1.82) is 0 Å². The predicted octanol–water partition coefficient (Wildman–Crippen LogP) is 3.20. The number of rotatable bonds is 4. The summed E-state index contributed by atoms with van der Waals surface area (Å²) < 4.78 is 44.8. The number of hydrogen-bond acceptors (Lipinski definition) is 5. The smallest absolute Gasteiger partial charge is 0.378 e. The van der Waals surface area contributed by atoms with Crippen molar-refractivity contribution in [3.05, 3.63) is 47.9 Å². The number of carbonyl (C=O) groups excluding carboxylic acids is 1. The Morgan fingerprint density at radius 2 is 1.90 bits per heavy atom. The van der Waals surface area contributed by atoms with Crippen LogP contribution in [0.15, 0.2) is 36.7 Å². The van der Waals surface area contributed by atoms with Crippen molar-refractivity contribution in [2.45, 2.75) is 24.9 Å². The van der Waals surface area contributed by atoms with Gasteiger partial charge in [0.2, 0.25) is 5.91 Å². The van der Waals surface area contributed by atoms with E-state index < -0.39 is 11.7 Å². The molecule has 0 bridgehead atoms. The zero-order valence-corrected chi connectivity index (χ0v) is 17.1. The summed E-state index contributed by atoms with van der Waals surface area (Å²) >= 11 is 0. The second kappa shape index (κ2) is 9.32. The minimum Gasteiger partial charge on any atom is -0.378 e. The quantitative estimate of drug-likeness (QED) is 0.740. The predicted molar refractivity (Wildman–Crippen MR) is 108 cm³/mol. The van der Waals surface area contributed by atoms with Crippen LogP contribution in [0.2, 0.25) is 0 Å². The summed E-state index contributed by atoms with van der Waals surface area (Å²) in [7, 11) is 0. The molecule has 166 valence electrons. The molecule has 9 heteroatoms. The summed E-state index contributed by atoms with van der Waals surface area (Å²) in [5.74, 6) is 0.0886. The summed E-state index contributed by atoms with van der Waals surface area (Å²) in [5.41, 5.74) is 0.854. The van der Waals surface area contributed by atoms with Crippen molar-refractivity contribution in [1.82, 2.24) is 19.8 Å². The maximum absolute atomic E-state index is 13.2. The zero-order chi connectivity index (χ0) is 21.8. The molecule has 4 rings (SSSR count). The second-order valence-corrected chi connectivity index (χ2v) is 7.94. The van der Waals surface area contributed by atoms with Crippen molar-refractivity contribution >= 4 is 5.91 Å². The van der Waals surface area contributed by atoms with Crippen LogP contribution >= 0.6 is 0 Å². The van der Waals surface area contributed by atoms with Gasteiger partial charge >= 0.3 is 6.18 Å². The second-order valence-electron chi connectivity index (χ2n) is 7.94. The molecule has 2 aliphatic heterocycles. The highest BCUT2D eigenvalue weighted by Crippen LogP contribution is 2.35. The molecule has 31 heavy (non-hydrogen) atoms. The third kappa shape index (κ3) is 5.22. The van der Waals surface area contributed by atoms with Crippen molar-refractivity contribution in [2.24, 2.45) is 0 Å². The highest BCUT2D eigenvalue weighted by Gasteiger charge is 2.32. The molecule has 0 unspecified atom stereocenters. The Labute approximate surface area is 179 Å². The first kappa shape index (κ1) is 21.7. The Balaban J connectivity index is 1.52. The maximum Gasteiger partial charge on any atom is 0.416 e. The van der Waals surface area contributed by atoms with E-state index in [1.807, 2.05) is 4.90 Å². The third-order valence-corrected chi connectivity index (χ3v) is 5.80. The summed E-state index contributed by atoms with van der Waals surface area (Å²) in [4.78, 5) is 25.4. The Hall–Kier alpha value is -2.52. The van der Waals surface area contributed by atoms with E-state index in [0.717, 1.165) is 31.5 Å². The summed E-state index contributed by atoms with van der Waals surface area (Å²) in [6.07, 6.45) is 0.401. The summed E-state index contributed by atoms with van der Waals surface area (Å²) in [6.45, 7) is 4.12. The van der Waals surface area contributed by atoms with Gasteiger partial charge in [-0.15, -0.1) is 0 Å². The monoisotopic (exact) mass is 434 g/mol. The van der Waals surface area contributed by atoms with Gasteiger partial charge in [0.15, 0.2) is 0 Å². The molecular weight excluding hydrogens is 409 g/mol. The molecule has 0 N–H and O–H groups in total. The van der Waals surface area contributed by atoms with Gasteiger partial charge in [0.1, 0.15) is 0 Å². The fraction of sp³-hybridized carbons (Fsp3) is 0.500. The number of amides is 1. The van der Waals surface area contributed by atoms with Gasteiger partial charge in [-0.2, -0.15) is 13.2 Å². The molecule has 1 amide bonds. The molecule has 6 nitrogen and oxygen atoms in total. The van der Waals surface area contributed by atoms with Crippen molar-refractivity contribution in [3.63, 3.8) is 0 Å². The molecule has 0 radical (unpaired) electrons. The number of aromatic nitrogens is 2. The number of alkyl halides is 3. The van der Waals surface area contributed by atoms with Gasteiger partial charge in [-0.3, -0.25) is 19.7 Å². The van der Waals surface area contributed by atoms with Gasteiger partial charge < -0.3 is 9.64 Å². The van der Waals surface area contributed by atoms with Gasteiger partial charge in [-0.25, -0.2) is 0 Å². The molecule has 1 aromatic carbocycles. The summed E-state index contributed by atoms with van der Waals surface area (Å²) in [5, 5.41) is 0. The lowest BCUT2D eigenvalue weighted by atomic mass is 9.91. The zero-order valence-electron chi connectivity index (χ0n) is 17.1. The average molecular weight is 434 g/mol. The third-order valence-electron chi connectivity index (χ3n) is 5.80. The molecule has 3 heterocycles. The van der Waals surface area contributed by atoms with Gasteiger partial charge in [-0.05, 0) is 31.5 Å². The molecule has 1 atom stereocenters. The molecule has 2 fully saturated rings. The molecule has 0 aliphatic carbocycles. The van der Waals surface area contributed by atoms with E-state index in [1.54, 1.807) is 12.3 Å². The SMILES string of the molecule is O=C(CN1CCC[C@H](c2nccnc2-c2cccc(C(F)(F)F)c2)C1)N1CCOCC1. The molecule has 2 aliphatic rings. The number of likely N-dealkylation sites (tertiary alicyclic amines) is 1. The van der Waals surface area contributed by atoms with Gasteiger partial charge in [0.05, 0.1) is 36.7 Å². The van der Waals surface area contributed by atoms with Crippen LogP contribution in [0.4, 0.5) is 13.2 Å². The first-order valence-electron chi connectivity index (χ1n) is 10.5. The lowest BCUT2D eigenvalue weighted by Gasteiger charge is -2.34. The maximum atomic E-state index is 13.2. The largest absolute Gasteiger partial charge is 0.416 e. The van der Waals surface area contributed by atoms with E-state index in [1.165, 1.54) is 12.3 Å². The van der Waals surface area contributed by atoms with Crippen molar-refractivity contribution in [3.8, 4) is 11.3 Å². The fourth-order valence-corrected chi connectivity index (χ4v) is 4.24. The molecule has 2 aromatic rings. The number of piperidine rings is 1. The molecule has 0 spiro atoms. The van der Waals surface area contributed by atoms with Crippen LogP contribution in [0, 0.1) is 0 Å². The van der Waals surface area contributed by atoms with E-state index in [4.69, 9.17) is 4.74 Å². The van der Waals surface area contributed by atoms with Crippen LogP contribution in [0.5, 0.6) is 0 Å². The Morgan fingerprint density at radius 3 is 2.68 bits per heavy atom. The topological polar surface area (TPSA) is 58.6 Å². The van der Waals surface area contributed by atoms with Crippen molar-refractivity contribution < 1.29 is 22.7 Å². The number of ether oxygens (including phenoxy) is 1. The van der Waals surface area contributed by atoms with Gasteiger partial charge in [0, 0.05) is 43.5 Å². The number of hydrogen-bond donors (Lipinski definition) is 0. The van der Waals surface area contributed by atoms with E-state index in [2.05, 4.69) is 14.9 Å². The van der Waals surface area contributed by atoms with E-state index in [-0.39, 0.29) is 11.8 Å². The van der Waals surface area contributed by atoms with E-state index in [9.17, 15) is 18.0 Å². The number of carbonyl (C=O) groups is 1. The van der Waals surface area contributed by atoms with Crippen LogP contribution in [0.1, 0.15) is 30.0 Å². The van der Waals surface area contributed by atoms with Gasteiger partial charge in [0.25, 0.3) is 0 Å². The number of benzene rings is 1. The lowest BCUT2D eigenvalue weighted by molar-refractivity contribution is -0.138. The highest BCUT2D eigenvalue weighted by molar-refractivity contribution is 5.78.